The number of nitrogens with one attached hydrogen (secondary N) is 2. The molecule has 6 nitrogen and oxygen atoms in total. The number of amides is 2. The van der Waals surface area contributed by atoms with Gasteiger partial charge in [0.1, 0.15) is 0 Å². The van der Waals surface area contributed by atoms with Crippen molar-refractivity contribution in [2.24, 2.45) is 5.10 Å². The molecule has 2 N–H and O–H groups in total. The minimum absolute atomic E-state index is 0.0730. The summed E-state index contributed by atoms with van der Waals surface area (Å²) < 4.78 is 0. The van der Waals surface area contributed by atoms with Crippen LogP contribution in [0.4, 0.5) is 0 Å². The number of hydrogen-bond donors (Lipinski definition) is 2. The molecule has 1 heterocycles. The Hall–Kier alpha value is -2.41. The molecule has 1 saturated heterocycles. The second kappa shape index (κ2) is 13.3. The lowest BCUT2D eigenvalue weighted by Crippen LogP contribution is -2.47. The van der Waals surface area contributed by atoms with E-state index in [4.69, 9.17) is 23.2 Å². The van der Waals surface area contributed by atoms with Crippen LogP contribution in [0.2, 0.25) is 10.0 Å². The average molecular weight is 489 g/mol. The maximum atomic E-state index is 12.9. The van der Waals surface area contributed by atoms with Crippen LogP contribution in [0.25, 0.3) is 0 Å². The molecular formula is C25H30Cl2N4O2. The first kappa shape index (κ1) is 25.2. The van der Waals surface area contributed by atoms with Crippen molar-refractivity contribution in [3.63, 3.8) is 0 Å². The fraction of sp³-hybridized carbons (Fsp3) is 0.400. The second-order valence-corrected chi connectivity index (χ2v) is 8.97. The zero-order chi connectivity index (χ0) is 23.5. The van der Waals surface area contributed by atoms with Gasteiger partial charge in [-0.1, -0.05) is 53.9 Å². The van der Waals surface area contributed by atoms with E-state index in [1.54, 1.807) is 30.3 Å². The Labute approximate surface area is 205 Å². The molecule has 3 rings (SSSR count). The first-order valence-electron chi connectivity index (χ1n) is 11.4. The fourth-order valence-electron chi connectivity index (χ4n) is 3.91. The maximum absolute atomic E-state index is 12.9. The maximum Gasteiger partial charge on any atom is 0.257 e. The van der Waals surface area contributed by atoms with E-state index in [0.717, 1.165) is 38.8 Å². The molecule has 1 aliphatic rings. The number of halogens is 2. The second-order valence-electron chi connectivity index (χ2n) is 8.13. The molecule has 2 aromatic rings. The number of piperidine rings is 1. The van der Waals surface area contributed by atoms with Gasteiger partial charge >= 0.3 is 0 Å². The van der Waals surface area contributed by atoms with Gasteiger partial charge in [0.15, 0.2) is 0 Å². The number of hydrogen-bond acceptors (Lipinski definition) is 4. The number of carbonyl (C=O) groups is 2. The number of benzene rings is 2. The Morgan fingerprint density at radius 2 is 1.79 bits per heavy atom. The Bertz CT molecular complexity index is 947. The third-order valence-corrected chi connectivity index (χ3v) is 6.26. The van der Waals surface area contributed by atoms with Crippen molar-refractivity contribution in [1.29, 1.82) is 0 Å². The monoisotopic (exact) mass is 488 g/mol. The molecule has 0 radical (unpaired) electrons. The summed E-state index contributed by atoms with van der Waals surface area (Å²) in [7, 11) is 0. The highest BCUT2D eigenvalue weighted by atomic mass is 35.5. The molecule has 33 heavy (non-hydrogen) atoms. The zero-order valence-electron chi connectivity index (χ0n) is 18.6. The molecule has 0 saturated carbocycles. The van der Waals surface area contributed by atoms with Crippen molar-refractivity contribution < 1.29 is 9.59 Å². The largest absolute Gasteiger partial charge is 0.352 e. The van der Waals surface area contributed by atoms with Gasteiger partial charge in [-0.15, -0.1) is 0 Å². The summed E-state index contributed by atoms with van der Waals surface area (Å²) in [6, 6.07) is 14.0. The van der Waals surface area contributed by atoms with Gasteiger partial charge in [0.2, 0.25) is 0 Å². The van der Waals surface area contributed by atoms with Crippen LogP contribution >= 0.6 is 23.2 Å². The third-order valence-electron chi connectivity index (χ3n) is 5.70. The van der Waals surface area contributed by atoms with Crippen molar-refractivity contribution in [3.8, 4) is 0 Å². The van der Waals surface area contributed by atoms with E-state index in [0.29, 0.717) is 34.1 Å². The fourth-order valence-corrected chi connectivity index (χ4v) is 4.37. The molecule has 0 aliphatic carbocycles. The molecule has 1 unspecified atom stereocenters. The van der Waals surface area contributed by atoms with Crippen molar-refractivity contribution in [3.05, 3.63) is 69.7 Å². The summed E-state index contributed by atoms with van der Waals surface area (Å²) in [5.41, 5.74) is 4.02. The lowest BCUT2D eigenvalue weighted by Gasteiger charge is -2.33. The van der Waals surface area contributed by atoms with Crippen molar-refractivity contribution >= 4 is 41.2 Å². The standard InChI is InChI=1S/C25H30Cl2N4O2/c26-21-13-12-20(22(27)17-21)18-29-30-25(33)23(31-15-7-2-8-16-31)11-5-6-14-28-24(32)19-9-3-1-4-10-19/h1,3-4,9-10,12-13,17-18,23H,2,5-8,11,14-16H2,(H,28,32)(H,30,33)/b29-18+. The van der Waals surface area contributed by atoms with Crippen LogP contribution in [-0.2, 0) is 4.79 Å². The molecule has 1 fully saturated rings. The topological polar surface area (TPSA) is 73.8 Å². The Morgan fingerprint density at radius 1 is 1.03 bits per heavy atom. The van der Waals surface area contributed by atoms with Gasteiger partial charge in [0.25, 0.3) is 11.8 Å². The highest BCUT2D eigenvalue weighted by Gasteiger charge is 2.26. The van der Waals surface area contributed by atoms with Crippen molar-refractivity contribution in [2.45, 2.75) is 44.6 Å². The van der Waals surface area contributed by atoms with E-state index in [1.165, 1.54) is 12.6 Å². The smallest absolute Gasteiger partial charge is 0.257 e. The van der Waals surface area contributed by atoms with Crippen LogP contribution in [0.3, 0.4) is 0 Å². The van der Waals surface area contributed by atoms with Crippen molar-refractivity contribution in [1.82, 2.24) is 15.6 Å². The predicted molar refractivity (Wildman–Crippen MR) is 134 cm³/mol. The molecule has 0 bridgehead atoms. The van der Waals surface area contributed by atoms with Crippen LogP contribution in [0, 0.1) is 0 Å². The Morgan fingerprint density at radius 3 is 2.52 bits per heavy atom. The number of rotatable bonds is 10. The van der Waals surface area contributed by atoms with Gasteiger partial charge < -0.3 is 5.32 Å². The van der Waals surface area contributed by atoms with Gasteiger partial charge in [0.05, 0.1) is 17.3 Å². The molecule has 2 amide bonds. The summed E-state index contributed by atoms with van der Waals surface area (Å²) in [4.78, 5) is 27.3. The molecule has 1 atom stereocenters. The van der Waals surface area contributed by atoms with E-state index in [9.17, 15) is 9.59 Å². The summed E-state index contributed by atoms with van der Waals surface area (Å²) in [6.45, 7) is 2.40. The highest BCUT2D eigenvalue weighted by molar-refractivity contribution is 6.36. The number of nitrogens with zero attached hydrogens (tertiary/aromatic N) is 2. The van der Waals surface area contributed by atoms with Gasteiger partial charge in [0, 0.05) is 22.7 Å². The Kier molecular flexibility index (Phi) is 10.2. The number of unbranched alkanes of at least 4 members (excludes halogenated alkanes) is 1. The van der Waals surface area contributed by atoms with Crippen LogP contribution in [0.1, 0.15) is 54.4 Å². The molecule has 0 spiro atoms. The molecular weight excluding hydrogens is 459 g/mol. The first-order valence-corrected chi connectivity index (χ1v) is 12.2. The average Bonchev–Trinajstić information content (AvgIpc) is 2.83. The molecule has 176 valence electrons. The van der Waals surface area contributed by atoms with E-state index < -0.39 is 0 Å². The summed E-state index contributed by atoms with van der Waals surface area (Å²) >= 11 is 12.1. The quantitative estimate of drug-likeness (QED) is 0.283. The van der Waals surface area contributed by atoms with Crippen LogP contribution in [-0.4, -0.2) is 48.6 Å². The number of carbonyl (C=O) groups excluding carboxylic acids is 2. The molecule has 8 heteroatoms. The minimum Gasteiger partial charge on any atom is -0.352 e. The van der Waals surface area contributed by atoms with Gasteiger partial charge in [-0.05, 0) is 69.5 Å². The summed E-state index contributed by atoms with van der Waals surface area (Å²) in [5.74, 6) is -0.192. The highest BCUT2D eigenvalue weighted by Crippen LogP contribution is 2.20. The lowest BCUT2D eigenvalue weighted by molar-refractivity contribution is -0.127. The van der Waals surface area contributed by atoms with E-state index in [-0.39, 0.29) is 17.9 Å². The minimum atomic E-state index is -0.243. The van der Waals surface area contributed by atoms with Gasteiger partial charge in [-0.3, -0.25) is 14.5 Å². The van der Waals surface area contributed by atoms with Crippen LogP contribution < -0.4 is 10.7 Å². The number of likely N-dealkylation sites (tertiary alicyclic amines) is 1. The molecule has 1 aliphatic heterocycles. The number of hydrazone groups is 1. The van der Waals surface area contributed by atoms with E-state index in [2.05, 4.69) is 20.7 Å². The zero-order valence-corrected chi connectivity index (χ0v) is 20.1. The lowest BCUT2D eigenvalue weighted by atomic mass is 10.0. The summed E-state index contributed by atoms with van der Waals surface area (Å²) in [5, 5.41) is 8.08. The van der Waals surface area contributed by atoms with Gasteiger partial charge in [-0.2, -0.15) is 5.10 Å². The van der Waals surface area contributed by atoms with Gasteiger partial charge in [-0.25, -0.2) is 5.43 Å². The molecule has 2 aromatic carbocycles. The van der Waals surface area contributed by atoms with Crippen LogP contribution in [0.5, 0.6) is 0 Å². The molecule has 0 aromatic heterocycles. The summed E-state index contributed by atoms with van der Waals surface area (Å²) in [6.07, 6.45) is 7.27. The van der Waals surface area contributed by atoms with Crippen LogP contribution in [0.15, 0.2) is 53.6 Å². The van der Waals surface area contributed by atoms with E-state index >= 15 is 0 Å². The van der Waals surface area contributed by atoms with E-state index in [1.807, 2.05) is 18.2 Å². The van der Waals surface area contributed by atoms with Crippen molar-refractivity contribution in [2.75, 3.05) is 19.6 Å². The normalized spacial score (nSPS) is 15.3. The predicted octanol–water partition coefficient (Wildman–Crippen LogP) is 4.90. The third kappa shape index (κ3) is 8.14. The first-order chi connectivity index (χ1) is 16.0. The Balaban J connectivity index is 1.49. The SMILES string of the molecule is O=C(NCCCCC(C(=O)N/N=C/c1ccc(Cl)cc1Cl)N1CCCCC1)c1ccccc1.